The van der Waals surface area contributed by atoms with E-state index in [4.69, 9.17) is 10.5 Å². The molecule has 1 aromatic heterocycles. The zero-order valence-electron chi connectivity index (χ0n) is 7.53. The first-order valence-corrected chi connectivity index (χ1v) is 4.97. The van der Waals surface area contributed by atoms with E-state index in [1.807, 2.05) is 13.0 Å². The molecule has 0 amide bonds. The highest BCUT2D eigenvalue weighted by Gasteiger charge is 2.09. The van der Waals surface area contributed by atoms with E-state index in [-0.39, 0.29) is 0 Å². The van der Waals surface area contributed by atoms with Crippen LogP contribution in [0.25, 0.3) is 10.1 Å². The van der Waals surface area contributed by atoms with E-state index < -0.39 is 0 Å². The third kappa shape index (κ3) is 1.08. The van der Waals surface area contributed by atoms with Crippen molar-refractivity contribution in [3.63, 3.8) is 0 Å². The summed E-state index contributed by atoms with van der Waals surface area (Å²) in [6.07, 6.45) is 0. The third-order valence-corrected chi connectivity index (χ3v) is 3.18. The van der Waals surface area contributed by atoms with Gasteiger partial charge in [0.1, 0.15) is 12.1 Å². The van der Waals surface area contributed by atoms with E-state index in [9.17, 15) is 0 Å². The second kappa shape index (κ2) is 3.14. The van der Waals surface area contributed by atoms with E-state index in [0.717, 1.165) is 15.6 Å². The van der Waals surface area contributed by atoms with Crippen molar-refractivity contribution in [2.24, 2.45) is 0 Å². The minimum Gasteiger partial charge on any atom is -0.192 e. The third-order valence-electron chi connectivity index (χ3n) is 2.17. The topological polar surface area (TPSA) is 47.6 Å². The summed E-state index contributed by atoms with van der Waals surface area (Å²) in [6, 6.07) is 7.96. The molecule has 1 heterocycles. The Bertz CT molecular complexity index is 582. The Kier molecular flexibility index (Phi) is 1.96. The lowest BCUT2D eigenvalue weighted by atomic mass is 10.1. The summed E-state index contributed by atoms with van der Waals surface area (Å²) < 4.78 is 0.920. The quantitative estimate of drug-likeness (QED) is 0.653. The number of hydrogen-bond donors (Lipinski definition) is 0. The van der Waals surface area contributed by atoms with Crippen molar-refractivity contribution in [2.75, 3.05) is 0 Å². The molecule has 0 saturated heterocycles. The van der Waals surface area contributed by atoms with Gasteiger partial charge in [0.25, 0.3) is 0 Å². The van der Waals surface area contributed by atoms with Gasteiger partial charge < -0.3 is 0 Å². The summed E-state index contributed by atoms with van der Waals surface area (Å²) in [5.41, 5.74) is 2.37. The second-order valence-corrected chi connectivity index (χ2v) is 3.89. The van der Waals surface area contributed by atoms with Crippen LogP contribution in [-0.4, -0.2) is 0 Å². The van der Waals surface area contributed by atoms with Gasteiger partial charge in [-0.05, 0) is 18.6 Å². The van der Waals surface area contributed by atoms with Crippen molar-refractivity contribution in [1.82, 2.24) is 0 Å². The highest BCUT2D eigenvalue weighted by molar-refractivity contribution is 7.17. The van der Waals surface area contributed by atoms with Crippen LogP contribution in [0.5, 0.6) is 0 Å². The fourth-order valence-corrected chi connectivity index (χ4v) is 2.52. The summed E-state index contributed by atoms with van der Waals surface area (Å²) in [6.45, 7) is 1.96. The molecule has 0 saturated carbocycles. The molecule has 0 aliphatic heterocycles. The molecule has 0 spiro atoms. The van der Waals surface area contributed by atoms with E-state index >= 15 is 0 Å². The molecular weight excluding hydrogens is 192 g/mol. The SMILES string of the molecule is Cc1ccc(C#N)c2scc(C#N)c12. The molecule has 0 unspecified atom stereocenters. The number of thiophene rings is 1. The average molecular weight is 198 g/mol. The Hall–Kier alpha value is -1.84. The van der Waals surface area contributed by atoms with Gasteiger partial charge in [-0.2, -0.15) is 10.5 Å². The number of nitriles is 2. The molecule has 1 aromatic carbocycles. The van der Waals surface area contributed by atoms with Gasteiger partial charge in [0.05, 0.1) is 15.8 Å². The number of hydrogen-bond acceptors (Lipinski definition) is 3. The first-order chi connectivity index (χ1) is 6.77. The smallest absolute Gasteiger partial charge is 0.101 e. The van der Waals surface area contributed by atoms with Crippen molar-refractivity contribution in [2.45, 2.75) is 6.92 Å². The summed E-state index contributed by atoms with van der Waals surface area (Å²) in [7, 11) is 0. The molecule has 0 N–H and O–H groups in total. The lowest BCUT2D eigenvalue weighted by Crippen LogP contribution is -1.80. The van der Waals surface area contributed by atoms with Gasteiger partial charge in [0, 0.05) is 10.8 Å². The van der Waals surface area contributed by atoms with E-state index in [0.29, 0.717) is 11.1 Å². The summed E-state index contributed by atoms with van der Waals surface area (Å²) in [5.74, 6) is 0. The van der Waals surface area contributed by atoms with E-state index in [1.165, 1.54) is 11.3 Å². The van der Waals surface area contributed by atoms with Gasteiger partial charge in [-0.1, -0.05) is 6.07 Å². The predicted molar refractivity (Wildman–Crippen MR) is 56.0 cm³/mol. The molecule has 2 nitrogen and oxygen atoms in total. The maximum atomic E-state index is 8.89. The first kappa shape index (κ1) is 8.74. The average Bonchev–Trinajstić information content (AvgIpc) is 2.63. The summed E-state index contributed by atoms with van der Waals surface area (Å²) in [5, 5.41) is 20.5. The number of rotatable bonds is 0. The summed E-state index contributed by atoms with van der Waals surface area (Å²) in [4.78, 5) is 0. The number of aryl methyl sites for hydroxylation is 1. The molecule has 0 aliphatic rings. The van der Waals surface area contributed by atoms with Crippen LogP contribution in [-0.2, 0) is 0 Å². The minimum absolute atomic E-state index is 0.650. The van der Waals surface area contributed by atoms with Crippen molar-refractivity contribution in [3.05, 3.63) is 34.2 Å². The maximum Gasteiger partial charge on any atom is 0.101 e. The van der Waals surface area contributed by atoms with Crippen molar-refractivity contribution in [1.29, 1.82) is 10.5 Å². The molecule has 66 valence electrons. The van der Waals surface area contributed by atoms with Crippen LogP contribution in [0.2, 0.25) is 0 Å². The molecular formula is C11H6N2S. The van der Waals surface area contributed by atoms with Crippen molar-refractivity contribution >= 4 is 21.4 Å². The van der Waals surface area contributed by atoms with Crippen molar-refractivity contribution < 1.29 is 0 Å². The Balaban J connectivity index is 2.98. The molecule has 0 atom stereocenters. The lowest BCUT2D eigenvalue weighted by Gasteiger charge is -1.97. The van der Waals surface area contributed by atoms with Gasteiger partial charge in [-0.3, -0.25) is 0 Å². The number of benzene rings is 1. The largest absolute Gasteiger partial charge is 0.192 e. The fraction of sp³-hybridized carbons (Fsp3) is 0.0909. The van der Waals surface area contributed by atoms with Crippen LogP contribution in [0.3, 0.4) is 0 Å². The first-order valence-electron chi connectivity index (χ1n) is 4.09. The van der Waals surface area contributed by atoms with Crippen LogP contribution in [0, 0.1) is 29.6 Å². The molecule has 2 aromatic rings. The van der Waals surface area contributed by atoms with Gasteiger partial charge >= 0.3 is 0 Å². The molecule has 0 aliphatic carbocycles. The van der Waals surface area contributed by atoms with Gasteiger partial charge in [-0.15, -0.1) is 11.3 Å². The normalized spacial score (nSPS) is 9.64. The Morgan fingerprint density at radius 2 is 1.86 bits per heavy atom. The monoisotopic (exact) mass is 198 g/mol. The Morgan fingerprint density at radius 1 is 1.14 bits per heavy atom. The van der Waals surface area contributed by atoms with Crippen LogP contribution >= 0.6 is 11.3 Å². The molecule has 0 fully saturated rings. The van der Waals surface area contributed by atoms with Gasteiger partial charge in [-0.25, -0.2) is 0 Å². The molecule has 0 radical (unpaired) electrons. The number of nitrogens with zero attached hydrogens (tertiary/aromatic N) is 2. The van der Waals surface area contributed by atoms with E-state index in [2.05, 4.69) is 12.1 Å². The maximum absolute atomic E-state index is 8.89. The van der Waals surface area contributed by atoms with Gasteiger partial charge in [0.15, 0.2) is 0 Å². The Morgan fingerprint density at radius 3 is 2.50 bits per heavy atom. The molecule has 2 rings (SSSR count). The van der Waals surface area contributed by atoms with Crippen LogP contribution < -0.4 is 0 Å². The van der Waals surface area contributed by atoms with Crippen LogP contribution in [0.15, 0.2) is 17.5 Å². The Labute approximate surface area is 85.6 Å². The lowest BCUT2D eigenvalue weighted by molar-refractivity contribution is 1.47. The van der Waals surface area contributed by atoms with Crippen LogP contribution in [0.1, 0.15) is 16.7 Å². The fourth-order valence-electron chi connectivity index (χ4n) is 1.49. The van der Waals surface area contributed by atoms with Crippen LogP contribution in [0.4, 0.5) is 0 Å². The number of fused-ring (bicyclic) bond motifs is 1. The molecule has 3 heteroatoms. The highest BCUT2D eigenvalue weighted by Crippen LogP contribution is 2.30. The standard InChI is InChI=1S/C11H6N2S/c1-7-2-3-8(4-12)11-10(7)9(5-13)6-14-11/h2-3,6H,1H3. The zero-order valence-corrected chi connectivity index (χ0v) is 8.35. The summed E-state index contributed by atoms with van der Waals surface area (Å²) >= 11 is 1.46. The van der Waals surface area contributed by atoms with Crippen molar-refractivity contribution in [3.8, 4) is 12.1 Å². The molecule has 14 heavy (non-hydrogen) atoms. The molecule has 0 bridgehead atoms. The second-order valence-electron chi connectivity index (χ2n) is 3.01. The minimum atomic E-state index is 0.650. The highest BCUT2D eigenvalue weighted by atomic mass is 32.1. The van der Waals surface area contributed by atoms with E-state index in [1.54, 1.807) is 11.4 Å². The van der Waals surface area contributed by atoms with Gasteiger partial charge in [0.2, 0.25) is 0 Å². The predicted octanol–water partition coefficient (Wildman–Crippen LogP) is 2.95. The zero-order chi connectivity index (χ0) is 10.1.